The van der Waals surface area contributed by atoms with Gasteiger partial charge in [-0.3, -0.25) is 9.59 Å². The van der Waals surface area contributed by atoms with Crippen molar-refractivity contribution in [1.29, 1.82) is 0 Å². The molecule has 0 fully saturated rings. The maximum atomic E-state index is 11.9. The first-order chi connectivity index (χ1) is 11.0. The minimum atomic E-state index is -1.09. The van der Waals surface area contributed by atoms with Crippen LogP contribution < -0.4 is 11.1 Å². The maximum absolute atomic E-state index is 11.9. The van der Waals surface area contributed by atoms with E-state index in [0.717, 1.165) is 16.7 Å². The molecule has 120 valence electrons. The van der Waals surface area contributed by atoms with Crippen LogP contribution in [-0.4, -0.2) is 29.1 Å². The van der Waals surface area contributed by atoms with Crippen molar-refractivity contribution >= 4 is 11.9 Å². The molecule has 0 aliphatic carbocycles. The number of carbonyl (C=O) groups excluding carboxylic acids is 1. The van der Waals surface area contributed by atoms with E-state index in [0.29, 0.717) is 6.42 Å². The fraction of sp³-hybridized carbons (Fsp3) is 0.222. The fourth-order valence-electron chi connectivity index (χ4n) is 2.19. The summed E-state index contributed by atoms with van der Waals surface area (Å²) in [4.78, 5) is 22.6. The molecule has 2 atom stereocenters. The van der Waals surface area contributed by atoms with Gasteiger partial charge >= 0.3 is 5.97 Å². The molecule has 0 aliphatic rings. The number of carboxylic acids is 1. The van der Waals surface area contributed by atoms with Crippen LogP contribution >= 0.6 is 0 Å². The lowest BCUT2D eigenvalue weighted by Crippen LogP contribution is -2.48. The quantitative estimate of drug-likeness (QED) is 0.758. The average molecular weight is 312 g/mol. The second-order valence-electron chi connectivity index (χ2n) is 5.44. The molecule has 1 amide bonds. The lowest BCUT2D eigenvalue weighted by molar-refractivity contribution is -0.141. The SMILES string of the molecule is C[C@H](NC(=O)[C@@H](N)Cc1ccc(-c2ccccc2)cc1)C(=O)O. The summed E-state index contributed by atoms with van der Waals surface area (Å²) in [6.45, 7) is 1.40. The summed E-state index contributed by atoms with van der Waals surface area (Å²) < 4.78 is 0. The summed E-state index contributed by atoms with van der Waals surface area (Å²) in [7, 11) is 0. The van der Waals surface area contributed by atoms with E-state index < -0.39 is 24.0 Å². The first kappa shape index (κ1) is 16.7. The predicted molar refractivity (Wildman–Crippen MR) is 88.8 cm³/mol. The van der Waals surface area contributed by atoms with Crippen molar-refractivity contribution in [3.8, 4) is 11.1 Å². The highest BCUT2D eigenvalue weighted by Crippen LogP contribution is 2.19. The van der Waals surface area contributed by atoms with Gasteiger partial charge in [0, 0.05) is 0 Å². The molecule has 0 heterocycles. The van der Waals surface area contributed by atoms with Gasteiger partial charge in [0.05, 0.1) is 6.04 Å². The second kappa shape index (κ2) is 7.56. The van der Waals surface area contributed by atoms with E-state index in [4.69, 9.17) is 10.8 Å². The molecular weight excluding hydrogens is 292 g/mol. The minimum absolute atomic E-state index is 0.354. The van der Waals surface area contributed by atoms with Gasteiger partial charge in [-0.1, -0.05) is 54.6 Å². The number of benzene rings is 2. The number of nitrogens with one attached hydrogen (secondary N) is 1. The molecule has 0 unspecified atom stereocenters. The van der Waals surface area contributed by atoms with Gasteiger partial charge in [-0.25, -0.2) is 0 Å². The number of carboxylic acid groups (broad SMARTS) is 1. The molecule has 0 spiro atoms. The summed E-state index contributed by atoms with van der Waals surface area (Å²) in [6, 6.07) is 16.1. The van der Waals surface area contributed by atoms with Crippen molar-refractivity contribution in [2.24, 2.45) is 5.73 Å². The second-order valence-corrected chi connectivity index (χ2v) is 5.44. The number of hydrogen-bond donors (Lipinski definition) is 3. The van der Waals surface area contributed by atoms with E-state index in [1.807, 2.05) is 54.6 Å². The zero-order valence-corrected chi connectivity index (χ0v) is 12.9. The number of hydrogen-bond acceptors (Lipinski definition) is 3. The van der Waals surface area contributed by atoms with Crippen LogP contribution in [0, 0.1) is 0 Å². The summed E-state index contributed by atoms with van der Waals surface area (Å²) in [5, 5.41) is 11.2. The molecule has 5 heteroatoms. The predicted octanol–water partition coefficient (Wildman–Crippen LogP) is 1.81. The van der Waals surface area contributed by atoms with Crippen LogP contribution in [0.1, 0.15) is 12.5 Å². The van der Waals surface area contributed by atoms with Gasteiger partial charge in [0.15, 0.2) is 0 Å². The van der Waals surface area contributed by atoms with Crippen LogP contribution in [0.25, 0.3) is 11.1 Å². The molecule has 5 nitrogen and oxygen atoms in total. The Labute approximate surface area is 135 Å². The van der Waals surface area contributed by atoms with Gasteiger partial charge in [-0.15, -0.1) is 0 Å². The fourth-order valence-corrected chi connectivity index (χ4v) is 2.19. The Morgan fingerprint density at radius 1 is 1.04 bits per heavy atom. The van der Waals surface area contributed by atoms with Gasteiger partial charge in [-0.05, 0) is 30.0 Å². The molecule has 2 aromatic rings. The van der Waals surface area contributed by atoms with Crippen molar-refractivity contribution in [3.63, 3.8) is 0 Å². The summed E-state index contributed by atoms with van der Waals surface area (Å²) in [6.07, 6.45) is 0.354. The molecule has 0 aliphatic heterocycles. The molecule has 0 saturated heterocycles. The maximum Gasteiger partial charge on any atom is 0.325 e. The van der Waals surface area contributed by atoms with Crippen molar-refractivity contribution in [2.75, 3.05) is 0 Å². The van der Waals surface area contributed by atoms with Crippen LogP contribution in [0.4, 0.5) is 0 Å². The highest BCUT2D eigenvalue weighted by atomic mass is 16.4. The first-order valence-electron chi connectivity index (χ1n) is 7.40. The Bertz CT molecular complexity index is 668. The lowest BCUT2D eigenvalue weighted by atomic mass is 10.0. The third-order valence-corrected chi connectivity index (χ3v) is 3.58. The van der Waals surface area contributed by atoms with Gasteiger partial charge in [0.2, 0.25) is 5.91 Å². The number of nitrogens with two attached hydrogens (primary N) is 1. The van der Waals surface area contributed by atoms with E-state index in [1.54, 1.807) is 0 Å². The van der Waals surface area contributed by atoms with E-state index >= 15 is 0 Å². The first-order valence-corrected chi connectivity index (χ1v) is 7.40. The van der Waals surface area contributed by atoms with Crippen molar-refractivity contribution in [1.82, 2.24) is 5.32 Å². The molecular formula is C18H20N2O3. The number of carbonyl (C=O) groups is 2. The molecule has 0 aromatic heterocycles. The summed E-state index contributed by atoms with van der Waals surface area (Å²) in [5.74, 6) is -1.55. The molecule has 4 N–H and O–H groups in total. The van der Waals surface area contributed by atoms with Gasteiger partial charge in [0.1, 0.15) is 6.04 Å². The number of amides is 1. The number of rotatable bonds is 6. The van der Waals surface area contributed by atoms with E-state index in [1.165, 1.54) is 6.92 Å². The molecule has 23 heavy (non-hydrogen) atoms. The van der Waals surface area contributed by atoms with Gasteiger partial charge in [0.25, 0.3) is 0 Å². The smallest absolute Gasteiger partial charge is 0.325 e. The normalized spacial score (nSPS) is 13.1. The van der Waals surface area contributed by atoms with Crippen LogP contribution in [0.15, 0.2) is 54.6 Å². The van der Waals surface area contributed by atoms with E-state index in [-0.39, 0.29) is 0 Å². The topological polar surface area (TPSA) is 92.4 Å². The standard InChI is InChI=1S/C18H20N2O3/c1-12(18(22)23)20-17(21)16(19)11-13-7-9-15(10-8-13)14-5-3-2-4-6-14/h2-10,12,16H,11,19H2,1H3,(H,20,21)(H,22,23)/t12-,16-/m0/s1. The van der Waals surface area contributed by atoms with Crippen LogP contribution in [-0.2, 0) is 16.0 Å². The molecule has 0 bridgehead atoms. The Balaban J connectivity index is 1.98. The van der Waals surface area contributed by atoms with Crippen molar-refractivity contribution < 1.29 is 14.7 Å². The molecule has 2 rings (SSSR count). The zero-order chi connectivity index (χ0) is 16.8. The number of aliphatic carboxylic acids is 1. The lowest BCUT2D eigenvalue weighted by Gasteiger charge is -2.15. The minimum Gasteiger partial charge on any atom is -0.480 e. The zero-order valence-electron chi connectivity index (χ0n) is 12.9. The summed E-state index contributed by atoms with van der Waals surface area (Å²) >= 11 is 0. The van der Waals surface area contributed by atoms with E-state index in [9.17, 15) is 9.59 Å². The van der Waals surface area contributed by atoms with Gasteiger partial charge < -0.3 is 16.2 Å². The summed E-state index contributed by atoms with van der Waals surface area (Å²) in [5.41, 5.74) is 8.98. The monoisotopic (exact) mass is 312 g/mol. The van der Waals surface area contributed by atoms with Crippen molar-refractivity contribution in [2.45, 2.75) is 25.4 Å². The van der Waals surface area contributed by atoms with Crippen molar-refractivity contribution in [3.05, 3.63) is 60.2 Å². The molecule has 0 saturated carbocycles. The van der Waals surface area contributed by atoms with Gasteiger partial charge in [-0.2, -0.15) is 0 Å². The average Bonchev–Trinajstić information content (AvgIpc) is 2.56. The van der Waals surface area contributed by atoms with Crippen LogP contribution in [0.5, 0.6) is 0 Å². The Morgan fingerprint density at radius 3 is 2.17 bits per heavy atom. The molecule has 2 aromatic carbocycles. The van der Waals surface area contributed by atoms with Crippen LogP contribution in [0.3, 0.4) is 0 Å². The highest BCUT2D eigenvalue weighted by Gasteiger charge is 2.19. The third kappa shape index (κ3) is 4.66. The Morgan fingerprint density at radius 2 is 1.61 bits per heavy atom. The Kier molecular flexibility index (Phi) is 5.49. The van der Waals surface area contributed by atoms with E-state index in [2.05, 4.69) is 5.32 Å². The highest BCUT2D eigenvalue weighted by molar-refractivity contribution is 5.86. The Hall–Kier alpha value is -2.66. The largest absolute Gasteiger partial charge is 0.480 e. The third-order valence-electron chi connectivity index (χ3n) is 3.58. The molecule has 0 radical (unpaired) electrons. The van der Waals surface area contributed by atoms with Crippen LogP contribution in [0.2, 0.25) is 0 Å².